The first kappa shape index (κ1) is 17.7. The van der Waals surface area contributed by atoms with Gasteiger partial charge in [-0.2, -0.15) is 0 Å². The van der Waals surface area contributed by atoms with Gasteiger partial charge < -0.3 is 15.2 Å². The number of fused-ring (bicyclic) bond motifs is 1. The van der Waals surface area contributed by atoms with Gasteiger partial charge >= 0.3 is 6.03 Å². The fraction of sp³-hybridized carbons (Fsp3) is 0.176. The van der Waals surface area contributed by atoms with E-state index in [0.717, 1.165) is 5.56 Å². The molecule has 0 aliphatic carbocycles. The molecule has 0 saturated carbocycles. The molecule has 0 atom stereocenters. The van der Waals surface area contributed by atoms with Crippen molar-refractivity contribution in [1.29, 1.82) is 0 Å². The normalized spacial score (nSPS) is 10.5. The van der Waals surface area contributed by atoms with E-state index in [2.05, 4.69) is 25.6 Å². The lowest BCUT2D eigenvalue weighted by molar-refractivity contribution is 0.252. The number of halogens is 1. The number of ether oxygens (including phenoxy) is 1. The van der Waals surface area contributed by atoms with Crippen LogP contribution in [0.2, 0.25) is 0 Å². The van der Waals surface area contributed by atoms with Crippen molar-refractivity contribution in [2.45, 2.75) is 0 Å². The minimum atomic E-state index is -0.418. The Morgan fingerprint density at radius 3 is 2.88 bits per heavy atom. The topological polar surface area (TPSA) is 109 Å². The van der Waals surface area contributed by atoms with Gasteiger partial charge in [-0.1, -0.05) is 0 Å². The highest BCUT2D eigenvalue weighted by Crippen LogP contribution is 2.31. The summed E-state index contributed by atoms with van der Waals surface area (Å²) in [6, 6.07) is 8.09. The third-order valence-corrected chi connectivity index (χ3v) is 3.69. The van der Waals surface area contributed by atoms with Gasteiger partial charge in [-0.15, -0.1) is 11.6 Å². The van der Waals surface area contributed by atoms with E-state index in [9.17, 15) is 9.90 Å². The number of nitrogens with zero attached hydrogens (tertiary/aromatic N) is 3. The van der Waals surface area contributed by atoms with Crippen molar-refractivity contribution in [1.82, 2.24) is 20.3 Å². The first-order valence-corrected chi connectivity index (χ1v) is 8.26. The Balaban J connectivity index is 1.91. The Labute approximate surface area is 154 Å². The second kappa shape index (κ2) is 7.83. The number of pyridine rings is 1. The van der Waals surface area contributed by atoms with Gasteiger partial charge in [0.1, 0.15) is 5.52 Å². The number of hydrogen-bond donors (Lipinski definition) is 3. The van der Waals surface area contributed by atoms with Crippen LogP contribution in [0.5, 0.6) is 11.5 Å². The van der Waals surface area contributed by atoms with E-state index in [1.807, 2.05) is 0 Å². The third-order valence-electron chi connectivity index (χ3n) is 3.50. The van der Waals surface area contributed by atoms with Gasteiger partial charge in [-0.3, -0.25) is 5.32 Å². The molecule has 0 aliphatic heterocycles. The molecule has 2 aromatic heterocycles. The summed E-state index contributed by atoms with van der Waals surface area (Å²) in [6.07, 6.45) is 1.45. The van der Waals surface area contributed by atoms with Crippen molar-refractivity contribution in [3.05, 3.63) is 36.5 Å². The van der Waals surface area contributed by atoms with Gasteiger partial charge in [0, 0.05) is 18.0 Å². The van der Waals surface area contributed by atoms with Crippen LogP contribution in [0, 0.1) is 0 Å². The van der Waals surface area contributed by atoms with E-state index in [1.54, 1.807) is 24.3 Å². The van der Waals surface area contributed by atoms with Gasteiger partial charge in [-0.25, -0.2) is 19.7 Å². The van der Waals surface area contributed by atoms with Crippen LogP contribution in [0.4, 0.5) is 10.6 Å². The first-order valence-electron chi connectivity index (χ1n) is 7.72. The fourth-order valence-electron chi connectivity index (χ4n) is 2.28. The number of urea groups is 1. The standard InChI is InChI=1S/C17H16ClN5O3/c1-26-14-8-10(2-5-13(14)24)11-3-4-12-16(21-11)22-15(9-20-12)23-17(25)19-7-6-18/h2-5,8-9,24H,6-7H2,1H3,(H2,19,21,22,23,25). The molecule has 26 heavy (non-hydrogen) atoms. The van der Waals surface area contributed by atoms with Crippen LogP contribution in [0.3, 0.4) is 0 Å². The molecule has 3 rings (SSSR count). The quantitative estimate of drug-likeness (QED) is 0.593. The zero-order valence-corrected chi connectivity index (χ0v) is 14.6. The number of anilines is 1. The molecule has 0 aliphatic rings. The average molecular weight is 374 g/mol. The number of phenols is 1. The number of benzene rings is 1. The lowest BCUT2D eigenvalue weighted by Crippen LogP contribution is -2.30. The second-order valence-corrected chi connectivity index (χ2v) is 5.63. The maximum Gasteiger partial charge on any atom is 0.320 e. The summed E-state index contributed by atoms with van der Waals surface area (Å²) in [7, 11) is 1.48. The van der Waals surface area contributed by atoms with Crippen LogP contribution in [-0.2, 0) is 0 Å². The predicted molar refractivity (Wildman–Crippen MR) is 98.7 cm³/mol. The van der Waals surface area contributed by atoms with Gasteiger partial charge in [0.05, 0.1) is 19.0 Å². The van der Waals surface area contributed by atoms with Gasteiger partial charge in [0.25, 0.3) is 0 Å². The molecular formula is C17H16ClN5O3. The molecule has 8 nitrogen and oxygen atoms in total. The Morgan fingerprint density at radius 1 is 1.27 bits per heavy atom. The lowest BCUT2D eigenvalue weighted by atomic mass is 10.1. The van der Waals surface area contributed by atoms with Crippen LogP contribution in [0.25, 0.3) is 22.4 Å². The van der Waals surface area contributed by atoms with Crippen LogP contribution >= 0.6 is 11.6 Å². The van der Waals surface area contributed by atoms with E-state index in [-0.39, 0.29) is 11.6 Å². The molecule has 0 bridgehead atoms. The summed E-state index contributed by atoms with van der Waals surface area (Å²) in [5.41, 5.74) is 2.35. The SMILES string of the molecule is COc1cc(-c2ccc3ncc(NC(=O)NCCCl)nc3n2)ccc1O. The van der Waals surface area contributed by atoms with Gasteiger partial charge in [0.15, 0.2) is 23.0 Å². The smallest absolute Gasteiger partial charge is 0.320 e. The lowest BCUT2D eigenvalue weighted by Gasteiger charge is -2.08. The molecule has 3 aromatic rings. The van der Waals surface area contributed by atoms with Crippen LogP contribution in [0.15, 0.2) is 36.5 Å². The highest BCUT2D eigenvalue weighted by Gasteiger charge is 2.09. The number of phenolic OH excluding ortho intramolecular Hbond substituents is 1. The van der Waals surface area contributed by atoms with Crippen LogP contribution in [0.1, 0.15) is 0 Å². The molecule has 0 unspecified atom stereocenters. The summed E-state index contributed by atoms with van der Waals surface area (Å²) < 4.78 is 5.12. The summed E-state index contributed by atoms with van der Waals surface area (Å²) in [5, 5.41) is 14.9. The summed E-state index contributed by atoms with van der Waals surface area (Å²) >= 11 is 5.53. The van der Waals surface area contributed by atoms with Crippen molar-refractivity contribution >= 4 is 34.6 Å². The number of amides is 2. The molecule has 0 radical (unpaired) electrons. The molecular weight excluding hydrogens is 358 g/mol. The number of aromatic hydroxyl groups is 1. The van der Waals surface area contributed by atoms with Crippen LogP contribution in [-0.4, -0.2) is 45.6 Å². The van der Waals surface area contributed by atoms with Crippen molar-refractivity contribution in [2.75, 3.05) is 24.9 Å². The van der Waals surface area contributed by atoms with Crippen molar-refractivity contribution in [3.63, 3.8) is 0 Å². The molecule has 2 amide bonds. The number of carbonyl (C=O) groups is 1. The number of alkyl halides is 1. The van der Waals surface area contributed by atoms with Crippen LogP contribution < -0.4 is 15.4 Å². The maximum atomic E-state index is 11.7. The van der Waals surface area contributed by atoms with Crippen molar-refractivity contribution < 1.29 is 14.6 Å². The summed E-state index contributed by atoms with van der Waals surface area (Å²) in [4.78, 5) is 24.7. The molecule has 1 aromatic carbocycles. The zero-order valence-electron chi connectivity index (χ0n) is 13.9. The molecule has 0 saturated heterocycles. The Hall–Kier alpha value is -3.13. The molecule has 134 valence electrons. The third kappa shape index (κ3) is 3.92. The molecule has 0 fully saturated rings. The Kier molecular flexibility index (Phi) is 5.33. The molecule has 9 heteroatoms. The van der Waals surface area contributed by atoms with E-state index < -0.39 is 6.03 Å². The largest absolute Gasteiger partial charge is 0.504 e. The molecule has 0 spiro atoms. The van der Waals surface area contributed by atoms with E-state index in [4.69, 9.17) is 16.3 Å². The molecule has 2 heterocycles. The number of methoxy groups -OCH3 is 1. The zero-order chi connectivity index (χ0) is 18.5. The minimum absolute atomic E-state index is 0.0475. The Morgan fingerprint density at radius 2 is 2.12 bits per heavy atom. The Bertz CT molecular complexity index is 951. The molecule has 3 N–H and O–H groups in total. The van der Waals surface area contributed by atoms with E-state index >= 15 is 0 Å². The highest BCUT2D eigenvalue weighted by atomic mass is 35.5. The number of hydrogen-bond acceptors (Lipinski definition) is 6. The van der Waals surface area contributed by atoms with E-state index in [0.29, 0.717) is 35.0 Å². The summed E-state index contributed by atoms with van der Waals surface area (Å²) in [6.45, 7) is 0.347. The van der Waals surface area contributed by atoms with E-state index in [1.165, 1.54) is 19.4 Å². The van der Waals surface area contributed by atoms with Gasteiger partial charge in [-0.05, 0) is 30.3 Å². The number of aromatic nitrogens is 3. The van der Waals surface area contributed by atoms with Crippen molar-refractivity contribution in [3.8, 4) is 22.8 Å². The van der Waals surface area contributed by atoms with Gasteiger partial charge in [0.2, 0.25) is 0 Å². The average Bonchev–Trinajstić information content (AvgIpc) is 2.66. The number of rotatable bonds is 5. The summed E-state index contributed by atoms with van der Waals surface area (Å²) in [5.74, 6) is 0.989. The number of carbonyl (C=O) groups excluding carboxylic acids is 1. The predicted octanol–water partition coefficient (Wildman–Crippen LogP) is 2.77. The second-order valence-electron chi connectivity index (χ2n) is 5.25. The number of nitrogens with one attached hydrogen (secondary N) is 2. The first-order chi connectivity index (χ1) is 12.6. The highest BCUT2D eigenvalue weighted by molar-refractivity contribution is 6.18. The minimum Gasteiger partial charge on any atom is -0.504 e. The monoisotopic (exact) mass is 373 g/mol. The van der Waals surface area contributed by atoms with Crippen molar-refractivity contribution in [2.24, 2.45) is 0 Å². The fourth-order valence-corrected chi connectivity index (χ4v) is 2.37. The maximum absolute atomic E-state index is 11.7.